The predicted molar refractivity (Wildman–Crippen MR) is 64.5 cm³/mol. The normalized spacial score (nSPS) is 19.4. The van der Waals surface area contributed by atoms with Gasteiger partial charge >= 0.3 is 0 Å². The first kappa shape index (κ1) is 9.64. The van der Waals surface area contributed by atoms with Gasteiger partial charge in [0.1, 0.15) is 0 Å². The molecule has 1 aromatic heterocycles. The van der Waals surface area contributed by atoms with Gasteiger partial charge < -0.3 is 4.57 Å². The van der Waals surface area contributed by atoms with Crippen LogP contribution < -0.4 is 0 Å². The fraction of sp³-hybridized carbons (Fsp3) is 0.357. The molecule has 1 atom stereocenters. The molecule has 82 valence electrons. The largest absolute Gasteiger partial charge is 0.330 e. The first-order chi connectivity index (χ1) is 7.86. The summed E-state index contributed by atoms with van der Waals surface area (Å²) in [6.07, 6.45) is 9.61. The van der Waals surface area contributed by atoms with Crippen molar-refractivity contribution in [1.82, 2.24) is 9.55 Å². The van der Waals surface area contributed by atoms with Crippen LogP contribution in [0.3, 0.4) is 0 Å². The molecule has 1 unspecified atom stereocenters. The number of imidazole rings is 1. The monoisotopic (exact) mass is 212 g/mol. The second-order valence-electron chi connectivity index (χ2n) is 4.56. The Bertz CT molecular complexity index is 485. The van der Waals surface area contributed by atoms with Crippen LogP contribution in [0.15, 0.2) is 36.9 Å². The van der Waals surface area contributed by atoms with E-state index >= 15 is 0 Å². The van der Waals surface area contributed by atoms with Crippen LogP contribution in [0.4, 0.5) is 0 Å². The Kier molecular flexibility index (Phi) is 2.28. The summed E-state index contributed by atoms with van der Waals surface area (Å²) in [6.45, 7) is 2.22. The SMILES string of the molecule is Cc1cccc2c1CCCC2n1ccnc1. The summed E-state index contributed by atoms with van der Waals surface area (Å²) < 4.78 is 2.23. The van der Waals surface area contributed by atoms with Gasteiger partial charge in [0, 0.05) is 12.4 Å². The lowest BCUT2D eigenvalue weighted by Gasteiger charge is -2.27. The quantitative estimate of drug-likeness (QED) is 0.710. The molecule has 0 saturated heterocycles. The van der Waals surface area contributed by atoms with E-state index in [-0.39, 0.29) is 0 Å². The molecule has 2 aromatic rings. The summed E-state index contributed by atoms with van der Waals surface area (Å²) in [7, 11) is 0. The molecule has 2 nitrogen and oxygen atoms in total. The number of rotatable bonds is 1. The lowest BCUT2D eigenvalue weighted by Crippen LogP contribution is -2.16. The second-order valence-corrected chi connectivity index (χ2v) is 4.56. The van der Waals surface area contributed by atoms with Crippen molar-refractivity contribution in [3.05, 3.63) is 53.6 Å². The smallest absolute Gasteiger partial charge is 0.0951 e. The highest BCUT2D eigenvalue weighted by atomic mass is 15.0. The highest BCUT2D eigenvalue weighted by molar-refractivity contribution is 5.38. The summed E-state index contributed by atoms with van der Waals surface area (Å²) in [4.78, 5) is 4.16. The summed E-state index contributed by atoms with van der Waals surface area (Å²) in [5.74, 6) is 0. The molecule has 16 heavy (non-hydrogen) atoms. The molecule has 0 spiro atoms. The van der Waals surface area contributed by atoms with Crippen LogP contribution in [0.1, 0.15) is 35.6 Å². The number of benzene rings is 1. The van der Waals surface area contributed by atoms with Crippen molar-refractivity contribution in [3.63, 3.8) is 0 Å². The van der Waals surface area contributed by atoms with Gasteiger partial charge in [0.25, 0.3) is 0 Å². The van der Waals surface area contributed by atoms with Gasteiger partial charge in [0.05, 0.1) is 12.4 Å². The van der Waals surface area contributed by atoms with Crippen molar-refractivity contribution in [2.24, 2.45) is 0 Å². The molecule has 1 aromatic carbocycles. The van der Waals surface area contributed by atoms with Gasteiger partial charge in [-0.25, -0.2) is 4.98 Å². The van der Waals surface area contributed by atoms with Crippen LogP contribution in [-0.4, -0.2) is 9.55 Å². The first-order valence-corrected chi connectivity index (χ1v) is 5.92. The summed E-state index contributed by atoms with van der Waals surface area (Å²) >= 11 is 0. The van der Waals surface area contributed by atoms with E-state index in [0.29, 0.717) is 6.04 Å². The fourth-order valence-corrected chi connectivity index (χ4v) is 2.77. The molecular formula is C14H16N2. The molecular weight excluding hydrogens is 196 g/mol. The van der Waals surface area contributed by atoms with Crippen molar-refractivity contribution in [2.75, 3.05) is 0 Å². The minimum atomic E-state index is 0.492. The summed E-state index contributed by atoms with van der Waals surface area (Å²) in [5.41, 5.74) is 4.47. The Morgan fingerprint density at radius 2 is 2.31 bits per heavy atom. The molecule has 3 rings (SSSR count). The Morgan fingerprint density at radius 1 is 1.38 bits per heavy atom. The van der Waals surface area contributed by atoms with Crippen LogP contribution in [0.25, 0.3) is 0 Å². The first-order valence-electron chi connectivity index (χ1n) is 5.92. The zero-order valence-electron chi connectivity index (χ0n) is 9.56. The van der Waals surface area contributed by atoms with Gasteiger partial charge in [-0.2, -0.15) is 0 Å². The number of aryl methyl sites for hydroxylation is 1. The van der Waals surface area contributed by atoms with E-state index in [2.05, 4.69) is 40.9 Å². The van der Waals surface area contributed by atoms with Gasteiger partial charge in [-0.3, -0.25) is 0 Å². The van der Waals surface area contributed by atoms with Gasteiger partial charge in [0.2, 0.25) is 0 Å². The maximum atomic E-state index is 4.16. The van der Waals surface area contributed by atoms with E-state index in [4.69, 9.17) is 0 Å². The van der Waals surface area contributed by atoms with Gasteiger partial charge in [-0.05, 0) is 42.9 Å². The van der Waals surface area contributed by atoms with Crippen LogP contribution in [0.2, 0.25) is 0 Å². The number of fused-ring (bicyclic) bond motifs is 1. The molecule has 0 N–H and O–H groups in total. The average Bonchev–Trinajstić information content (AvgIpc) is 2.82. The van der Waals surface area contributed by atoms with Crippen molar-refractivity contribution < 1.29 is 0 Å². The van der Waals surface area contributed by atoms with Gasteiger partial charge in [-0.15, -0.1) is 0 Å². The third-order valence-corrected chi connectivity index (χ3v) is 3.59. The average molecular weight is 212 g/mol. The molecule has 0 aliphatic heterocycles. The zero-order chi connectivity index (χ0) is 11.0. The van der Waals surface area contributed by atoms with E-state index in [1.54, 1.807) is 5.56 Å². The zero-order valence-corrected chi connectivity index (χ0v) is 9.56. The maximum absolute atomic E-state index is 4.16. The molecule has 0 fully saturated rings. The standard InChI is InChI=1S/C14H16N2/c1-11-4-2-6-13-12(11)5-3-7-14(13)16-9-8-15-10-16/h2,4,6,8-10,14H,3,5,7H2,1H3. The highest BCUT2D eigenvalue weighted by Crippen LogP contribution is 2.34. The second kappa shape index (κ2) is 3.78. The maximum Gasteiger partial charge on any atom is 0.0951 e. The summed E-state index contributed by atoms with van der Waals surface area (Å²) in [6, 6.07) is 7.15. The fourth-order valence-electron chi connectivity index (χ4n) is 2.77. The molecule has 0 saturated carbocycles. The molecule has 2 heteroatoms. The van der Waals surface area contributed by atoms with Crippen LogP contribution in [0.5, 0.6) is 0 Å². The molecule has 1 aliphatic carbocycles. The molecule has 0 amide bonds. The third-order valence-electron chi connectivity index (χ3n) is 3.59. The highest BCUT2D eigenvalue weighted by Gasteiger charge is 2.21. The van der Waals surface area contributed by atoms with E-state index in [0.717, 1.165) is 0 Å². The number of nitrogens with zero attached hydrogens (tertiary/aromatic N) is 2. The Hall–Kier alpha value is -1.57. The number of aromatic nitrogens is 2. The predicted octanol–water partition coefficient (Wildman–Crippen LogP) is 3.12. The lowest BCUT2D eigenvalue weighted by molar-refractivity contribution is 0.488. The van der Waals surface area contributed by atoms with E-state index < -0.39 is 0 Å². The van der Waals surface area contributed by atoms with Crippen molar-refractivity contribution in [2.45, 2.75) is 32.2 Å². The lowest BCUT2D eigenvalue weighted by atomic mass is 9.85. The Balaban J connectivity index is 2.10. The van der Waals surface area contributed by atoms with Gasteiger partial charge in [-0.1, -0.05) is 18.2 Å². The Labute approximate surface area is 95.9 Å². The minimum absolute atomic E-state index is 0.492. The molecule has 1 aliphatic rings. The van der Waals surface area contributed by atoms with Crippen LogP contribution in [-0.2, 0) is 6.42 Å². The van der Waals surface area contributed by atoms with Crippen LogP contribution >= 0.6 is 0 Å². The van der Waals surface area contributed by atoms with Crippen molar-refractivity contribution in [1.29, 1.82) is 0 Å². The number of hydrogen-bond donors (Lipinski definition) is 0. The van der Waals surface area contributed by atoms with Crippen molar-refractivity contribution >= 4 is 0 Å². The van der Waals surface area contributed by atoms with E-state index in [1.807, 2.05) is 12.5 Å². The molecule has 0 radical (unpaired) electrons. The minimum Gasteiger partial charge on any atom is -0.330 e. The Morgan fingerprint density at radius 3 is 3.12 bits per heavy atom. The number of hydrogen-bond acceptors (Lipinski definition) is 1. The van der Waals surface area contributed by atoms with E-state index in [1.165, 1.54) is 30.4 Å². The third kappa shape index (κ3) is 1.45. The van der Waals surface area contributed by atoms with Gasteiger partial charge in [0.15, 0.2) is 0 Å². The van der Waals surface area contributed by atoms with Crippen molar-refractivity contribution in [3.8, 4) is 0 Å². The summed E-state index contributed by atoms with van der Waals surface area (Å²) in [5, 5.41) is 0. The topological polar surface area (TPSA) is 17.8 Å². The van der Waals surface area contributed by atoms with Crippen LogP contribution in [0, 0.1) is 6.92 Å². The molecule has 1 heterocycles. The van der Waals surface area contributed by atoms with E-state index in [9.17, 15) is 0 Å². The molecule has 0 bridgehead atoms.